The maximum Gasteiger partial charge on any atom is 0.0924 e. The second-order valence-electron chi connectivity index (χ2n) is 4.83. The molecule has 0 amide bonds. The second-order valence-corrected chi connectivity index (χ2v) is 6.38. The van der Waals surface area contributed by atoms with Crippen LogP contribution in [0, 0.1) is 5.41 Å². The Hall–Kier alpha value is -1.00. The molecule has 0 spiro atoms. The smallest absolute Gasteiger partial charge is 0.0924 e. The molecule has 3 nitrogen and oxygen atoms in total. The highest BCUT2D eigenvalue weighted by Gasteiger charge is 2.25. The van der Waals surface area contributed by atoms with Crippen molar-refractivity contribution < 1.29 is 0 Å². The Labute approximate surface area is 113 Å². The number of thioether (sulfide) groups is 1. The van der Waals surface area contributed by atoms with Gasteiger partial charge < -0.3 is 5.73 Å². The minimum absolute atomic E-state index is 0.257. The summed E-state index contributed by atoms with van der Waals surface area (Å²) in [6.07, 6.45) is 0.626. The van der Waals surface area contributed by atoms with Crippen molar-refractivity contribution in [1.29, 1.82) is 5.41 Å². The Balaban J connectivity index is 2.16. The molecule has 1 heterocycles. The highest BCUT2D eigenvalue weighted by molar-refractivity contribution is 7.99. The van der Waals surface area contributed by atoms with Gasteiger partial charge in [0.2, 0.25) is 0 Å². The van der Waals surface area contributed by atoms with E-state index >= 15 is 0 Å². The fourth-order valence-corrected chi connectivity index (χ4v) is 3.51. The van der Waals surface area contributed by atoms with Crippen molar-refractivity contribution in [1.82, 2.24) is 4.90 Å². The van der Waals surface area contributed by atoms with Crippen LogP contribution in [0.4, 0.5) is 0 Å². The van der Waals surface area contributed by atoms with Crippen LogP contribution in [0.2, 0.25) is 0 Å². The lowest BCUT2D eigenvalue weighted by Crippen LogP contribution is -2.40. The number of amidine groups is 1. The standard InChI is InChI=1S/C14H21N3S/c1-11-10-17(7-8-18-11)13(9-14(15)16)12-5-3-2-4-6-12/h2-6,11,13H,7-10H2,1H3,(H3,15,16). The molecule has 4 heteroatoms. The van der Waals surface area contributed by atoms with E-state index < -0.39 is 0 Å². The molecule has 2 unspecified atom stereocenters. The van der Waals surface area contributed by atoms with Crippen LogP contribution in [-0.4, -0.2) is 34.8 Å². The second kappa shape index (κ2) is 6.25. The lowest BCUT2D eigenvalue weighted by molar-refractivity contribution is 0.210. The average Bonchev–Trinajstić information content (AvgIpc) is 2.37. The maximum atomic E-state index is 7.59. The van der Waals surface area contributed by atoms with Gasteiger partial charge in [-0.15, -0.1) is 0 Å². The van der Waals surface area contributed by atoms with Gasteiger partial charge in [-0.1, -0.05) is 37.3 Å². The number of nitrogens with zero attached hydrogens (tertiary/aromatic N) is 1. The van der Waals surface area contributed by atoms with Crippen LogP contribution in [0.15, 0.2) is 30.3 Å². The molecule has 2 atom stereocenters. The summed E-state index contributed by atoms with van der Waals surface area (Å²) in [4.78, 5) is 2.47. The summed E-state index contributed by atoms with van der Waals surface area (Å²) in [5.74, 6) is 1.44. The zero-order valence-electron chi connectivity index (χ0n) is 10.8. The number of hydrogen-bond donors (Lipinski definition) is 2. The van der Waals surface area contributed by atoms with E-state index in [9.17, 15) is 0 Å². The van der Waals surface area contributed by atoms with Gasteiger partial charge in [-0.05, 0) is 5.56 Å². The van der Waals surface area contributed by atoms with Crippen LogP contribution in [0.3, 0.4) is 0 Å². The molecular formula is C14H21N3S. The van der Waals surface area contributed by atoms with E-state index in [0.29, 0.717) is 11.7 Å². The highest BCUT2D eigenvalue weighted by atomic mass is 32.2. The van der Waals surface area contributed by atoms with Gasteiger partial charge in [0, 0.05) is 36.6 Å². The average molecular weight is 263 g/mol. The van der Waals surface area contributed by atoms with E-state index in [2.05, 4.69) is 36.1 Å². The summed E-state index contributed by atoms with van der Waals surface area (Å²) in [6.45, 7) is 4.44. The summed E-state index contributed by atoms with van der Waals surface area (Å²) in [7, 11) is 0. The van der Waals surface area contributed by atoms with Gasteiger partial charge >= 0.3 is 0 Å². The summed E-state index contributed by atoms with van der Waals surface area (Å²) in [6, 6.07) is 10.7. The van der Waals surface area contributed by atoms with E-state index in [0.717, 1.165) is 13.1 Å². The molecule has 1 saturated heterocycles. The van der Waals surface area contributed by atoms with E-state index in [1.54, 1.807) is 0 Å². The van der Waals surface area contributed by atoms with E-state index in [4.69, 9.17) is 11.1 Å². The summed E-state index contributed by atoms with van der Waals surface area (Å²) >= 11 is 2.03. The summed E-state index contributed by atoms with van der Waals surface area (Å²) in [5, 5.41) is 8.25. The number of hydrogen-bond acceptors (Lipinski definition) is 3. The molecule has 0 aromatic heterocycles. The third-order valence-electron chi connectivity index (χ3n) is 3.31. The predicted octanol–water partition coefficient (Wildman–Crippen LogP) is 2.49. The van der Waals surface area contributed by atoms with Crippen molar-refractivity contribution >= 4 is 17.6 Å². The topological polar surface area (TPSA) is 53.1 Å². The normalized spacial score (nSPS) is 22.6. The fraction of sp³-hybridized carbons (Fsp3) is 0.500. The first-order valence-corrected chi connectivity index (χ1v) is 7.45. The first-order chi connectivity index (χ1) is 8.66. The van der Waals surface area contributed by atoms with Crippen LogP contribution >= 0.6 is 11.8 Å². The lowest BCUT2D eigenvalue weighted by Gasteiger charge is -2.37. The third-order valence-corrected chi connectivity index (χ3v) is 4.45. The van der Waals surface area contributed by atoms with E-state index in [1.165, 1.54) is 11.3 Å². The Morgan fingerprint density at radius 3 is 2.83 bits per heavy atom. The number of nitrogens with two attached hydrogens (primary N) is 1. The van der Waals surface area contributed by atoms with Crippen molar-refractivity contribution in [2.45, 2.75) is 24.6 Å². The molecule has 0 radical (unpaired) electrons. The SMILES string of the molecule is CC1CN(C(CC(=N)N)c2ccccc2)CCS1. The van der Waals surface area contributed by atoms with Gasteiger partial charge in [0.15, 0.2) is 0 Å². The van der Waals surface area contributed by atoms with Gasteiger partial charge in [0.1, 0.15) is 0 Å². The zero-order chi connectivity index (χ0) is 13.0. The Morgan fingerprint density at radius 1 is 1.50 bits per heavy atom. The molecule has 3 N–H and O–H groups in total. The number of rotatable bonds is 4. The third kappa shape index (κ3) is 3.50. The summed E-state index contributed by atoms with van der Waals surface area (Å²) < 4.78 is 0. The monoisotopic (exact) mass is 263 g/mol. The molecule has 1 fully saturated rings. The van der Waals surface area contributed by atoms with Crippen molar-refractivity contribution in [2.24, 2.45) is 5.73 Å². The fourth-order valence-electron chi connectivity index (χ4n) is 2.47. The van der Waals surface area contributed by atoms with E-state index in [1.807, 2.05) is 17.8 Å². The van der Waals surface area contributed by atoms with Crippen LogP contribution < -0.4 is 5.73 Å². The number of benzene rings is 1. The van der Waals surface area contributed by atoms with Crippen LogP contribution in [0.25, 0.3) is 0 Å². The zero-order valence-corrected chi connectivity index (χ0v) is 11.6. The van der Waals surface area contributed by atoms with Gasteiger partial charge in [-0.3, -0.25) is 10.3 Å². The lowest BCUT2D eigenvalue weighted by atomic mass is 10.0. The van der Waals surface area contributed by atoms with Crippen LogP contribution in [-0.2, 0) is 0 Å². The van der Waals surface area contributed by atoms with Gasteiger partial charge in [0.25, 0.3) is 0 Å². The molecule has 1 aromatic rings. The molecule has 1 aliphatic heterocycles. The first kappa shape index (κ1) is 13.4. The molecular weight excluding hydrogens is 242 g/mol. The van der Waals surface area contributed by atoms with Gasteiger partial charge in [-0.25, -0.2) is 0 Å². The van der Waals surface area contributed by atoms with Crippen molar-refractivity contribution in [3.63, 3.8) is 0 Å². The van der Waals surface area contributed by atoms with E-state index in [-0.39, 0.29) is 11.9 Å². The van der Waals surface area contributed by atoms with Crippen molar-refractivity contribution in [2.75, 3.05) is 18.8 Å². The maximum absolute atomic E-state index is 7.59. The molecule has 1 aromatic carbocycles. The van der Waals surface area contributed by atoms with Gasteiger partial charge in [0.05, 0.1) is 5.84 Å². The predicted molar refractivity (Wildman–Crippen MR) is 79.2 cm³/mol. The van der Waals surface area contributed by atoms with Crippen molar-refractivity contribution in [3.05, 3.63) is 35.9 Å². The number of nitrogens with one attached hydrogen (secondary N) is 1. The molecule has 0 saturated carbocycles. The largest absolute Gasteiger partial charge is 0.388 e. The minimum atomic E-state index is 0.257. The van der Waals surface area contributed by atoms with Crippen LogP contribution in [0.1, 0.15) is 24.9 Å². The molecule has 1 aliphatic rings. The molecule has 2 rings (SSSR count). The summed E-state index contributed by atoms with van der Waals surface area (Å²) in [5.41, 5.74) is 6.89. The molecule has 98 valence electrons. The molecule has 0 bridgehead atoms. The Kier molecular flexibility index (Phi) is 4.66. The highest BCUT2D eigenvalue weighted by Crippen LogP contribution is 2.29. The molecule has 18 heavy (non-hydrogen) atoms. The van der Waals surface area contributed by atoms with Crippen LogP contribution in [0.5, 0.6) is 0 Å². The minimum Gasteiger partial charge on any atom is -0.388 e. The first-order valence-electron chi connectivity index (χ1n) is 6.40. The molecule has 0 aliphatic carbocycles. The Morgan fingerprint density at radius 2 is 2.22 bits per heavy atom. The Bertz CT molecular complexity index is 393. The quantitative estimate of drug-likeness (QED) is 0.648. The van der Waals surface area contributed by atoms with Crippen molar-refractivity contribution in [3.8, 4) is 0 Å². The van der Waals surface area contributed by atoms with Gasteiger partial charge in [-0.2, -0.15) is 11.8 Å².